The molecule has 0 unspecified atom stereocenters. The lowest BCUT2D eigenvalue weighted by atomic mass is 9.97. The SMILES string of the molecule is C[C@@H]1CCC[C@H](n2cnc(-c3cc(Cl)ccc3-n3cc(Cl)nn3)cc2=O)c2cc(ccn2)-c2c(cnn2-c2ccn[nH]2)NC1=O.O=C(O)C(F)(F)F. The second kappa shape index (κ2) is 14.8. The van der Waals surface area contributed by atoms with Crippen LogP contribution in [0.2, 0.25) is 10.2 Å². The van der Waals surface area contributed by atoms with Crippen molar-refractivity contribution in [1.82, 2.24) is 49.5 Å². The molecule has 5 aromatic heterocycles. The number of anilines is 1. The van der Waals surface area contributed by atoms with Gasteiger partial charge < -0.3 is 10.4 Å². The first-order valence-corrected chi connectivity index (χ1v) is 16.2. The number of amides is 1. The van der Waals surface area contributed by atoms with Gasteiger partial charge in [0.05, 0.1) is 59.4 Å². The fourth-order valence-electron chi connectivity index (χ4n) is 5.54. The molecule has 1 aliphatic heterocycles. The quantitative estimate of drug-likeness (QED) is 0.200. The average molecular weight is 757 g/mol. The molecule has 20 heteroatoms. The number of carboxylic acids is 1. The highest BCUT2D eigenvalue weighted by Gasteiger charge is 2.38. The lowest BCUT2D eigenvalue weighted by Crippen LogP contribution is -2.27. The van der Waals surface area contributed by atoms with Crippen molar-refractivity contribution < 1.29 is 27.9 Å². The minimum Gasteiger partial charge on any atom is -0.475 e. The molecule has 1 aliphatic rings. The molecule has 1 aromatic carbocycles. The Morgan fingerprint density at radius 3 is 2.50 bits per heavy atom. The molecule has 15 nitrogen and oxygen atoms in total. The van der Waals surface area contributed by atoms with Crippen molar-refractivity contribution in [2.75, 3.05) is 5.32 Å². The number of nitrogens with zero attached hydrogens (tertiary/aromatic N) is 9. The summed E-state index contributed by atoms with van der Waals surface area (Å²) in [7, 11) is 0. The third-order valence-electron chi connectivity index (χ3n) is 8.06. The Balaban J connectivity index is 0.000000604. The van der Waals surface area contributed by atoms with Crippen molar-refractivity contribution in [2.24, 2.45) is 5.92 Å². The van der Waals surface area contributed by atoms with E-state index >= 15 is 0 Å². The molecule has 6 heterocycles. The molecule has 2 bridgehead atoms. The Kier molecular flexibility index (Phi) is 10.2. The molecule has 2 atom stereocenters. The number of aliphatic carboxylic acids is 1. The molecule has 1 amide bonds. The van der Waals surface area contributed by atoms with Crippen LogP contribution in [-0.4, -0.2) is 72.7 Å². The Morgan fingerprint density at radius 1 is 1.04 bits per heavy atom. The molecular formula is C32H26Cl2F3N11O4. The molecule has 268 valence electrons. The average Bonchev–Trinajstić information content (AvgIpc) is 3.88. The summed E-state index contributed by atoms with van der Waals surface area (Å²) in [6.07, 6.45) is 4.78. The number of aromatic nitrogens is 10. The zero-order valence-corrected chi connectivity index (χ0v) is 28.3. The number of pyridine rings is 1. The number of rotatable bonds is 4. The zero-order chi connectivity index (χ0) is 37.2. The van der Waals surface area contributed by atoms with Gasteiger partial charge in [0.15, 0.2) is 5.15 Å². The monoisotopic (exact) mass is 755 g/mol. The van der Waals surface area contributed by atoms with Crippen molar-refractivity contribution >= 4 is 40.8 Å². The fourth-order valence-corrected chi connectivity index (χ4v) is 5.84. The Morgan fingerprint density at radius 2 is 1.83 bits per heavy atom. The van der Waals surface area contributed by atoms with Crippen LogP contribution in [0.3, 0.4) is 0 Å². The predicted molar refractivity (Wildman–Crippen MR) is 181 cm³/mol. The number of hydrogen-bond acceptors (Lipinski definition) is 9. The summed E-state index contributed by atoms with van der Waals surface area (Å²) < 4.78 is 36.5. The van der Waals surface area contributed by atoms with E-state index in [2.05, 4.69) is 35.9 Å². The zero-order valence-electron chi connectivity index (χ0n) is 26.8. The van der Waals surface area contributed by atoms with Gasteiger partial charge in [0.25, 0.3) is 5.56 Å². The van der Waals surface area contributed by atoms with Crippen LogP contribution < -0.4 is 10.9 Å². The highest BCUT2D eigenvalue weighted by Crippen LogP contribution is 2.34. The van der Waals surface area contributed by atoms with Gasteiger partial charge in [0, 0.05) is 40.4 Å². The highest BCUT2D eigenvalue weighted by molar-refractivity contribution is 6.31. The molecule has 7 rings (SSSR count). The van der Waals surface area contributed by atoms with E-state index in [0.717, 1.165) is 5.56 Å². The van der Waals surface area contributed by atoms with Gasteiger partial charge in [-0.25, -0.2) is 19.1 Å². The van der Waals surface area contributed by atoms with E-state index in [-0.39, 0.29) is 22.5 Å². The van der Waals surface area contributed by atoms with Crippen LogP contribution in [-0.2, 0) is 9.59 Å². The minimum absolute atomic E-state index is 0.110. The molecule has 3 N–H and O–H groups in total. The van der Waals surface area contributed by atoms with E-state index < -0.39 is 18.2 Å². The molecule has 0 fully saturated rings. The second-order valence-corrected chi connectivity index (χ2v) is 12.4. The summed E-state index contributed by atoms with van der Waals surface area (Å²) in [6, 6.07) is 11.8. The first-order chi connectivity index (χ1) is 24.8. The number of H-pyrrole nitrogens is 1. The molecule has 0 radical (unpaired) electrons. The van der Waals surface area contributed by atoms with E-state index in [4.69, 9.17) is 38.1 Å². The number of halogens is 5. The summed E-state index contributed by atoms with van der Waals surface area (Å²) in [5, 5.41) is 30.3. The molecule has 0 aliphatic carbocycles. The van der Waals surface area contributed by atoms with Crippen molar-refractivity contribution in [3.63, 3.8) is 0 Å². The van der Waals surface area contributed by atoms with Crippen LogP contribution in [0.4, 0.5) is 18.9 Å². The number of hydrogen-bond donors (Lipinski definition) is 3. The topological polar surface area (TPSA) is 191 Å². The van der Waals surface area contributed by atoms with Crippen LogP contribution in [0, 0.1) is 5.92 Å². The van der Waals surface area contributed by atoms with Gasteiger partial charge in [-0.05, 0) is 43.2 Å². The van der Waals surface area contributed by atoms with Crippen LogP contribution in [0.25, 0.3) is 34.0 Å². The Bertz CT molecular complexity index is 2300. The molecule has 0 saturated heterocycles. The molecule has 0 saturated carbocycles. The largest absolute Gasteiger partial charge is 0.490 e. The number of aromatic amines is 1. The molecule has 52 heavy (non-hydrogen) atoms. The maximum Gasteiger partial charge on any atom is 0.490 e. The Labute approximate surface area is 301 Å². The summed E-state index contributed by atoms with van der Waals surface area (Å²) in [4.78, 5) is 45.3. The van der Waals surface area contributed by atoms with Gasteiger partial charge in [0.1, 0.15) is 5.82 Å². The van der Waals surface area contributed by atoms with Crippen molar-refractivity contribution in [3.8, 4) is 34.0 Å². The molecule has 0 spiro atoms. The van der Waals surface area contributed by atoms with Gasteiger partial charge in [-0.1, -0.05) is 41.8 Å². The first kappa shape index (κ1) is 35.9. The maximum absolute atomic E-state index is 13.8. The minimum atomic E-state index is -5.08. The van der Waals surface area contributed by atoms with Crippen molar-refractivity contribution in [3.05, 3.63) is 99.8 Å². The number of carbonyl (C=O) groups excluding carboxylic acids is 1. The lowest BCUT2D eigenvalue weighted by Gasteiger charge is -2.22. The number of carboxylic acid groups (broad SMARTS) is 1. The fraction of sp³-hybridized carbons (Fsp3) is 0.219. The van der Waals surface area contributed by atoms with E-state index in [0.29, 0.717) is 64.1 Å². The highest BCUT2D eigenvalue weighted by atomic mass is 35.5. The summed E-state index contributed by atoms with van der Waals surface area (Å²) in [5.41, 5.74) is 3.98. The van der Waals surface area contributed by atoms with Crippen LogP contribution >= 0.6 is 23.2 Å². The van der Waals surface area contributed by atoms with Gasteiger partial charge >= 0.3 is 12.1 Å². The van der Waals surface area contributed by atoms with E-state index in [1.165, 1.54) is 17.1 Å². The van der Waals surface area contributed by atoms with Gasteiger partial charge in [-0.3, -0.25) is 24.2 Å². The number of nitrogens with one attached hydrogen (secondary N) is 2. The number of alkyl halides is 3. The third-order valence-corrected chi connectivity index (χ3v) is 8.47. The van der Waals surface area contributed by atoms with E-state index in [1.807, 2.05) is 19.1 Å². The molecule has 6 aromatic rings. The summed E-state index contributed by atoms with van der Waals surface area (Å²) in [5.74, 6) is -2.51. The smallest absolute Gasteiger partial charge is 0.475 e. The molecular weight excluding hydrogens is 730 g/mol. The predicted octanol–water partition coefficient (Wildman–Crippen LogP) is 5.75. The summed E-state index contributed by atoms with van der Waals surface area (Å²) >= 11 is 12.4. The van der Waals surface area contributed by atoms with E-state index in [9.17, 15) is 22.8 Å². The van der Waals surface area contributed by atoms with Crippen LogP contribution in [0.5, 0.6) is 0 Å². The Hall–Kier alpha value is -5.88. The summed E-state index contributed by atoms with van der Waals surface area (Å²) in [6.45, 7) is 1.89. The normalized spacial score (nSPS) is 16.1. The second-order valence-electron chi connectivity index (χ2n) is 11.5. The van der Waals surface area contributed by atoms with Gasteiger partial charge in [-0.15, -0.1) is 5.10 Å². The van der Waals surface area contributed by atoms with Crippen molar-refractivity contribution in [2.45, 2.75) is 38.4 Å². The third kappa shape index (κ3) is 7.71. The van der Waals surface area contributed by atoms with E-state index in [1.54, 1.807) is 58.3 Å². The van der Waals surface area contributed by atoms with Crippen LogP contribution in [0.15, 0.2) is 78.4 Å². The standard InChI is InChI=1S/C30H25Cl2N11O2.C2HF3O2/c1-17-3-2-4-25(22-11-18(7-9-33-22)29-23(37-30(17)45)14-36-43(29)27-8-10-35-39-27)41-16-34-21(13-28(41)44)20-12-19(31)5-6-24(20)42-15-26(32)38-40-42;3-2(4,5)1(6)7/h5-17,25H,2-4H2,1H3,(H,35,39)(H,37,45);(H,6,7)/t17-,25+;/m1./s1. The maximum atomic E-state index is 13.8. The van der Waals surface area contributed by atoms with Gasteiger partial charge in [-0.2, -0.15) is 23.4 Å². The van der Waals surface area contributed by atoms with Crippen LogP contribution in [0.1, 0.15) is 37.9 Å². The van der Waals surface area contributed by atoms with Crippen molar-refractivity contribution in [1.29, 1.82) is 0 Å². The number of fused-ring (bicyclic) bond motifs is 4. The number of carbonyl (C=O) groups is 2. The van der Waals surface area contributed by atoms with Gasteiger partial charge in [0.2, 0.25) is 5.91 Å². The lowest BCUT2D eigenvalue weighted by molar-refractivity contribution is -0.192. The first-order valence-electron chi connectivity index (χ1n) is 15.4. The number of benzene rings is 1.